The van der Waals surface area contributed by atoms with Gasteiger partial charge < -0.3 is 15.4 Å². The van der Waals surface area contributed by atoms with Crippen molar-refractivity contribution in [1.29, 1.82) is 0 Å². The Morgan fingerprint density at radius 3 is 2.84 bits per heavy atom. The molecule has 0 saturated carbocycles. The van der Waals surface area contributed by atoms with Gasteiger partial charge in [-0.3, -0.25) is 0 Å². The SMILES string of the molecule is CC1OCCN(c2nc(N)nc3c2CCCC3)C1C. The van der Waals surface area contributed by atoms with E-state index in [9.17, 15) is 0 Å². The number of anilines is 2. The van der Waals surface area contributed by atoms with E-state index in [4.69, 9.17) is 10.5 Å². The fourth-order valence-electron chi connectivity index (χ4n) is 3.06. The number of morpholine rings is 1. The van der Waals surface area contributed by atoms with Crippen LogP contribution in [0, 0.1) is 0 Å². The number of hydrogen-bond acceptors (Lipinski definition) is 5. The summed E-state index contributed by atoms with van der Waals surface area (Å²) in [7, 11) is 0. The van der Waals surface area contributed by atoms with Crippen molar-refractivity contribution in [2.75, 3.05) is 23.8 Å². The van der Waals surface area contributed by atoms with Crippen LogP contribution in [0.2, 0.25) is 0 Å². The largest absolute Gasteiger partial charge is 0.375 e. The summed E-state index contributed by atoms with van der Waals surface area (Å²) in [5, 5.41) is 0. The van der Waals surface area contributed by atoms with Gasteiger partial charge in [0.25, 0.3) is 0 Å². The van der Waals surface area contributed by atoms with Gasteiger partial charge in [-0.05, 0) is 39.5 Å². The van der Waals surface area contributed by atoms with Crippen LogP contribution in [0.1, 0.15) is 37.9 Å². The fourth-order valence-corrected chi connectivity index (χ4v) is 3.06. The Morgan fingerprint density at radius 2 is 2.00 bits per heavy atom. The maximum Gasteiger partial charge on any atom is 0.222 e. The molecule has 1 aromatic rings. The number of nitrogen functional groups attached to an aromatic ring is 1. The van der Waals surface area contributed by atoms with Gasteiger partial charge in [-0.2, -0.15) is 4.98 Å². The average molecular weight is 262 g/mol. The van der Waals surface area contributed by atoms with Crippen molar-refractivity contribution in [2.45, 2.75) is 51.7 Å². The minimum absolute atomic E-state index is 0.226. The Hall–Kier alpha value is -1.36. The molecule has 5 heteroatoms. The monoisotopic (exact) mass is 262 g/mol. The molecule has 0 aromatic carbocycles. The lowest BCUT2D eigenvalue weighted by atomic mass is 9.95. The van der Waals surface area contributed by atoms with Gasteiger partial charge >= 0.3 is 0 Å². The van der Waals surface area contributed by atoms with Crippen LogP contribution in [0.5, 0.6) is 0 Å². The third kappa shape index (κ3) is 2.27. The first-order valence-electron chi connectivity index (χ1n) is 7.20. The topological polar surface area (TPSA) is 64.3 Å². The van der Waals surface area contributed by atoms with Crippen LogP contribution in [-0.2, 0) is 17.6 Å². The van der Waals surface area contributed by atoms with Crippen molar-refractivity contribution < 1.29 is 4.74 Å². The molecular formula is C14H22N4O. The lowest BCUT2D eigenvalue weighted by molar-refractivity contribution is 0.0280. The molecule has 2 aliphatic rings. The predicted octanol–water partition coefficient (Wildman–Crippen LogP) is 1.55. The van der Waals surface area contributed by atoms with E-state index < -0.39 is 0 Å². The first-order chi connectivity index (χ1) is 9.16. The van der Waals surface area contributed by atoms with E-state index in [1.165, 1.54) is 18.4 Å². The number of ether oxygens (including phenoxy) is 1. The molecule has 19 heavy (non-hydrogen) atoms. The van der Waals surface area contributed by atoms with E-state index in [1.807, 2.05) is 0 Å². The third-order valence-corrected chi connectivity index (χ3v) is 4.33. The molecule has 5 nitrogen and oxygen atoms in total. The van der Waals surface area contributed by atoms with Crippen molar-refractivity contribution >= 4 is 11.8 Å². The first-order valence-corrected chi connectivity index (χ1v) is 7.20. The van der Waals surface area contributed by atoms with Crippen LogP contribution in [0.4, 0.5) is 11.8 Å². The second-order valence-corrected chi connectivity index (χ2v) is 5.55. The number of rotatable bonds is 1. The number of hydrogen-bond donors (Lipinski definition) is 1. The second-order valence-electron chi connectivity index (χ2n) is 5.55. The van der Waals surface area contributed by atoms with Crippen LogP contribution in [0.15, 0.2) is 0 Å². The summed E-state index contributed by atoms with van der Waals surface area (Å²) in [5.74, 6) is 1.45. The molecule has 104 valence electrons. The summed E-state index contributed by atoms with van der Waals surface area (Å²) < 4.78 is 5.70. The van der Waals surface area contributed by atoms with Crippen molar-refractivity contribution in [3.05, 3.63) is 11.3 Å². The quantitative estimate of drug-likeness (QED) is 0.832. The standard InChI is InChI=1S/C14H22N4O/c1-9-10(2)19-8-7-18(9)13-11-5-3-4-6-12(11)16-14(15)17-13/h9-10H,3-8H2,1-2H3,(H2,15,16,17). The molecule has 1 saturated heterocycles. The summed E-state index contributed by atoms with van der Waals surface area (Å²) in [4.78, 5) is 11.3. The highest BCUT2D eigenvalue weighted by Crippen LogP contribution is 2.31. The Bertz CT molecular complexity index is 477. The molecular weight excluding hydrogens is 240 g/mol. The molecule has 1 fully saturated rings. The maximum absolute atomic E-state index is 5.89. The molecule has 2 heterocycles. The van der Waals surface area contributed by atoms with Gasteiger partial charge in [-0.15, -0.1) is 0 Å². The van der Waals surface area contributed by atoms with Crippen molar-refractivity contribution in [2.24, 2.45) is 0 Å². The summed E-state index contributed by atoms with van der Waals surface area (Å²) in [5.41, 5.74) is 8.35. The predicted molar refractivity (Wildman–Crippen MR) is 75.3 cm³/mol. The lowest BCUT2D eigenvalue weighted by Gasteiger charge is -2.40. The highest BCUT2D eigenvalue weighted by atomic mass is 16.5. The van der Waals surface area contributed by atoms with Crippen LogP contribution in [0.25, 0.3) is 0 Å². The Morgan fingerprint density at radius 1 is 1.21 bits per heavy atom. The number of aryl methyl sites for hydroxylation is 1. The number of nitrogens with two attached hydrogens (primary N) is 1. The van der Waals surface area contributed by atoms with Crippen molar-refractivity contribution in [3.63, 3.8) is 0 Å². The highest BCUT2D eigenvalue weighted by Gasteiger charge is 2.30. The smallest absolute Gasteiger partial charge is 0.222 e. The lowest BCUT2D eigenvalue weighted by Crippen LogP contribution is -2.49. The molecule has 1 aliphatic heterocycles. The van der Waals surface area contributed by atoms with E-state index in [0.717, 1.165) is 37.5 Å². The zero-order valence-corrected chi connectivity index (χ0v) is 11.7. The van der Waals surface area contributed by atoms with E-state index >= 15 is 0 Å². The Balaban J connectivity index is 2.01. The van der Waals surface area contributed by atoms with Crippen LogP contribution >= 0.6 is 0 Å². The molecule has 2 N–H and O–H groups in total. The second kappa shape index (κ2) is 4.96. The number of aromatic nitrogens is 2. The number of fused-ring (bicyclic) bond motifs is 1. The van der Waals surface area contributed by atoms with E-state index in [2.05, 4.69) is 28.7 Å². The molecule has 2 unspecified atom stereocenters. The van der Waals surface area contributed by atoms with E-state index in [0.29, 0.717) is 12.0 Å². The van der Waals surface area contributed by atoms with E-state index in [1.54, 1.807) is 0 Å². The first kappa shape index (κ1) is 12.7. The Labute approximate surface area is 114 Å². The molecule has 0 radical (unpaired) electrons. The molecule has 0 spiro atoms. The summed E-state index contributed by atoms with van der Waals surface area (Å²) in [6.45, 7) is 5.95. The van der Waals surface area contributed by atoms with Crippen LogP contribution < -0.4 is 10.6 Å². The van der Waals surface area contributed by atoms with Gasteiger partial charge in [-0.25, -0.2) is 4.98 Å². The molecule has 2 atom stereocenters. The zero-order valence-electron chi connectivity index (χ0n) is 11.7. The molecule has 0 bridgehead atoms. The van der Waals surface area contributed by atoms with Crippen LogP contribution in [0.3, 0.4) is 0 Å². The number of nitrogens with zero attached hydrogens (tertiary/aromatic N) is 3. The fraction of sp³-hybridized carbons (Fsp3) is 0.714. The minimum atomic E-state index is 0.226. The zero-order chi connectivity index (χ0) is 13.4. The molecule has 3 rings (SSSR count). The van der Waals surface area contributed by atoms with E-state index in [-0.39, 0.29) is 6.10 Å². The molecule has 1 aliphatic carbocycles. The van der Waals surface area contributed by atoms with Gasteiger partial charge in [-0.1, -0.05) is 0 Å². The summed E-state index contributed by atoms with van der Waals surface area (Å²) >= 11 is 0. The van der Waals surface area contributed by atoms with Crippen LogP contribution in [-0.4, -0.2) is 35.3 Å². The summed E-state index contributed by atoms with van der Waals surface area (Å²) in [6.07, 6.45) is 4.76. The van der Waals surface area contributed by atoms with Crippen molar-refractivity contribution in [1.82, 2.24) is 9.97 Å². The average Bonchev–Trinajstić information content (AvgIpc) is 2.41. The third-order valence-electron chi connectivity index (χ3n) is 4.33. The van der Waals surface area contributed by atoms with Crippen molar-refractivity contribution in [3.8, 4) is 0 Å². The van der Waals surface area contributed by atoms with Gasteiger partial charge in [0.15, 0.2) is 0 Å². The highest BCUT2D eigenvalue weighted by molar-refractivity contribution is 5.54. The maximum atomic E-state index is 5.89. The van der Waals surface area contributed by atoms with Gasteiger partial charge in [0.1, 0.15) is 5.82 Å². The minimum Gasteiger partial charge on any atom is -0.375 e. The molecule has 0 amide bonds. The summed E-state index contributed by atoms with van der Waals surface area (Å²) in [6, 6.07) is 0.328. The normalized spacial score (nSPS) is 27.2. The van der Waals surface area contributed by atoms with Gasteiger partial charge in [0, 0.05) is 12.1 Å². The van der Waals surface area contributed by atoms with Gasteiger partial charge in [0.05, 0.1) is 24.4 Å². The molecule has 1 aromatic heterocycles. The Kier molecular flexibility index (Phi) is 3.31. The van der Waals surface area contributed by atoms with Gasteiger partial charge in [0.2, 0.25) is 5.95 Å².